The Morgan fingerprint density at radius 3 is 2.59 bits per heavy atom. The van der Waals surface area contributed by atoms with E-state index in [1.54, 1.807) is 37.0 Å². The Morgan fingerprint density at radius 1 is 1.23 bits per heavy atom. The predicted molar refractivity (Wildman–Crippen MR) is 93.4 cm³/mol. The molecule has 0 aliphatic rings. The smallest absolute Gasteiger partial charge is 0.259 e. The molecule has 2 rings (SSSR count). The summed E-state index contributed by atoms with van der Waals surface area (Å²) in [5.74, 6) is 1.39. The Labute approximate surface area is 136 Å². The zero-order valence-corrected chi connectivity index (χ0v) is 14.2. The summed E-state index contributed by atoms with van der Waals surface area (Å²) < 4.78 is 28.0. The molecule has 3 N–H and O–H groups in total. The van der Waals surface area contributed by atoms with Crippen molar-refractivity contribution < 1.29 is 13.5 Å². The quantitative estimate of drug-likeness (QED) is 0.546. The van der Waals surface area contributed by atoms with Gasteiger partial charge in [-0.05, 0) is 55.1 Å². The van der Waals surface area contributed by atoms with E-state index in [0.29, 0.717) is 11.4 Å². The van der Waals surface area contributed by atoms with Gasteiger partial charge in [0.25, 0.3) is 11.3 Å². The minimum Gasteiger partial charge on any atom is -0.455 e. The fourth-order valence-electron chi connectivity index (χ4n) is 2.02. The summed E-state index contributed by atoms with van der Waals surface area (Å²) in [7, 11) is 1.77. The van der Waals surface area contributed by atoms with Gasteiger partial charge in [0.05, 0.1) is 11.4 Å². The average Bonchev–Trinajstić information content (AvgIpc) is 2.48. The van der Waals surface area contributed by atoms with Crippen molar-refractivity contribution in [3.05, 3.63) is 42.0 Å². The number of ether oxygens (including phenoxy) is 1. The van der Waals surface area contributed by atoms with Crippen molar-refractivity contribution in [1.29, 1.82) is 0 Å². The highest BCUT2D eigenvalue weighted by atomic mass is 32.2. The molecular weight excluding hydrogens is 320 g/mol. The molecule has 7 heteroatoms. The van der Waals surface area contributed by atoms with Crippen molar-refractivity contribution in [3.8, 4) is 11.5 Å². The maximum absolute atomic E-state index is 10.8. The largest absolute Gasteiger partial charge is 0.455 e. The van der Waals surface area contributed by atoms with Crippen LogP contribution in [0, 0.1) is 6.92 Å². The Balaban J connectivity index is 2.25. The van der Waals surface area contributed by atoms with E-state index in [9.17, 15) is 4.21 Å². The number of aryl methyl sites for hydroxylation is 1. The van der Waals surface area contributed by atoms with Gasteiger partial charge in [-0.15, -0.1) is 11.8 Å². The summed E-state index contributed by atoms with van der Waals surface area (Å²) in [6.07, 6.45) is 2.04. The Morgan fingerprint density at radius 2 is 2.00 bits per heavy atom. The third-order valence-electron chi connectivity index (χ3n) is 3.05. The normalized spacial score (nSPS) is 11.8. The number of benzene rings is 2. The van der Waals surface area contributed by atoms with Gasteiger partial charge in [-0.1, -0.05) is 0 Å². The van der Waals surface area contributed by atoms with Crippen LogP contribution >= 0.6 is 11.8 Å². The lowest BCUT2D eigenvalue weighted by Crippen LogP contribution is -2.03. The third-order valence-corrected chi connectivity index (χ3v) is 4.36. The Bertz CT molecular complexity index is 692. The van der Waals surface area contributed by atoms with Crippen molar-refractivity contribution in [2.45, 2.75) is 11.8 Å². The van der Waals surface area contributed by atoms with E-state index in [-0.39, 0.29) is 0 Å². The predicted octanol–water partition coefficient (Wildman–Crippen LogP) is 4.10. The second-order valence-electron chi connectivity index (χ2n) is 4.55. The van der Waals surface area contributed by atoms with Gasteiger partial charge in [0.15, 0.2) is 5.75 Å². The van der Waals surface area contributed by atoms with Crippen LogP contribution in [0.15, 0.2) is 41.3 Å². The summed E-state index contributed by atoms with van der Waals surface area (Å²) in [5, 5.41) is 3.02. The first-order chi connectivity index (χ1) is 10.5. The fourth-order valence-corrected chi connectivity index (χ4v) is 2.93. The third kappa shape index (κ3) is 4.16. The second-order valence-corrected chi connectivity index (χ2v) is 6.10. The van der Waals surface area contributed by atoms with Gasteiger partial charge in [0, 0.05) is 11.9 Å². The first-order valence-electron chi connectivity index (χ1n) is 6.55. The molecule has 0 saturated heterocycles. The first-order valence-corrected chi connectivity index (χ1v) is 8.88. The van der Waals surface area contributed by atoms with Gasteiger partial charge in [0.2, 0.25) is 0 Å². The summed E-state index contributed by atoms with van der Waals surface area (Å²) >= 11 is -0.402. The molecule has 0 bridgehead atoms. The highest BCUT2D eigenvalue weighted by Crippen LogP contribution is 2.33. The minimum atomic E-state index is -2.10. The standard InChI is InChI=1S/C15H18N2O3S2/c1-10-8-12(5-7-15(10)21-3)20-14-6-4-11(17-22(18)19)9-13(14)16-2/h4-9,16-17H,1-3H3,(H,18,19). The molecule has 2 aromatic rings. The van der Waals surface area contributed by atoms with Crippen molar-refractivity contribution >= 4 is 34.4 Å². The zero-order valence-electron chi connectivity index (χ0n) is 12.5. The number of nitrogens with one attached hydrogen (secondary N) is 2. The summed E-state index contributed by atoms with van der Waals surface area (Å²) in [6.45, 7) is 2.04. The molecule has 0 amide bonds. The van der Waals surface area contributed by atoms with E-state index in [1.807, 2.05) is 31.4 Å². The molecule has 2 aromatic carbocycles. The van der Waals surface area contributed by atoms with E-state index < -0.39 is 11.3 Å². The monoisotopic (exact) mass is 338 g/mol. The van der Waals surface area contributed by atoms with E-state index in [2.05, 4.69) is 10.0 Å². The van der Waals surface area contributed by atoms with Gasteiger partial charge in [0.1, 0.15) is 5.75 Å². The topological polar surface area (TPSA) is 70.6 Å². The maximum Gasteiger partial charge on any atom is 0.259 e. The minimum absolute atomic E-state index is 0.534. The molecule has 0 fully saturated rings. The average molecular weight is 338 g/mol. The van der Waals surface area contributed by atoms with E-state index in [0.717, 1.165) is 17.0 Å². The van der Waals surface area contributed by atoms with Crippen LogP contribution in [0.3, 0.4) is 0 Å². The van der Waals surface area contributed by atoms with Gasteiger partial charge in [-0.25, -0.2) is 4.21 Å². The number of thioether (sulfide) groups is 1. The van der Waals surface area contributed by atoms with Gasteiger partial charge in [-0.3, -0.25) is 9.27 Å². The van der Waals surface area contributed by atoms with Crippen LogP contribution in [-0.4, -0.2) is 22.1 Å². The molecule has 5 nitrogen and oxygen atoms in total. The molecule has 0 spiro atoms. The van der Waals surface area contributed by atoms with Crippen LogP contribution in [0.2, 0.25) is 0 Å². The molecule has 0 aromatic heterocycles. The number of anilines is 2. The van der Waals surface area contributed by atoms with Gasteiger partial charge in [-0.2, -0.15) is 0 Å². The van der Waals surface area contributed by atoms with E-state index >= 15 is 0 Å². The molecular formula is C15H18N2O3S2. The summed E-state index contributed by atoms with van der Waals surface area (Å²) in [4.78, 5) is 1.21. The lowest BCUT2D eigenvalue weighted by molar-refractivity contribution is 0.484. The van der Waals surface area contributed by atoms with Gasteiger partial charge < -0.3 is 10.1 Å². The van der Waals surface area contributed by atoms with Crippen LogP contribution in [0.25, 0.3) is 0 Å². The molecule has 0 aliphatic heterocycles. The number of rotatable bonds is 6. The summed E-state index contributed by atoms with van der Waals surface area (Å²) in [6, 6.07) is 11.1. The molecule has 0 heterocycles. The Kier molecular flexibility index (Phi) is 5.70. The van der Waals surface area contributed by atoms with Crippen LogP contribution in [-0.2, 0) is 11.3 Å². The van der Waals surface area contributed by atoms with Crippen LogP contribution < -0.4 is 14.8 Å². The second kappa shape index (κ2) is 7.53. The highest BCUT2D eigenvalue weighted by Gasteiger charge is 2.07. The molecule has 22 heavy (non-hydrogen) atoms. The van der Waals surface area contributed by atoms with Crippen molar-refractivity contribution in [2.24, 2.45) is 0 Å². The van der Waals surface area contributed by atoms with Gasteiger partial charge >= 0.3 is 0 Å². The highest BCUT2D eigenvalue weighted by molar-refractivity contribution is 7.98. The van der Waals surface area contributed by atoms with Crippen LogP contribution in [0.4, 0.5) is 11.4 Å². The molecule has 0 radical (unpaired) electrons. The number of hydrogen-bond acceptors (Lipinski definition) is 4. The molecule has 0 aliphatic carbocycles. The summed E-state index contributed by atoms with van der Waals surface area (Å²) in [5.41, 5.74) is 2.42. The van der Waals surface area contributed by atoms with Crippen molar-refractivity contribution in [3.63, 3.8) is 0 Å². The van der Waals surface area contributed by atoms with Crippen molar-refractivity contribution in [2.75, 3.05) is 23.3 Å². The maximum atomic E-state index is 10.8. The van der Waals surface area contributed by atoms with Crippen LogP contribution in [0.5, 0.6) is 11.5 Å². The zero-order chi connectivity index (χ0) is 16.1. The Hall–Kier alpha value is -1.70. The number of hydrogen-bond donors (Lipinski definition) is 3. The molecule has 0 saturated carbocycles. The van der Waals surface area contributed by atoms with Crippen molar-refractivity contribution in [1.82, 2.24) is 0 Å². The lowest BCUT2D eigenvalue weighted by atomic mass is 10.2. The SMILES string of the molecule is CNc1cc(NS(=O)O)ccc1Oc1ccc(SC)c(C)c1. The molecule has 1 unspecified atom stereocenters. The molecule has 118 valence electrons. The van der Waals surface area contributed by atoms with E-state index in [1.165, 1.54) is 4.90 Å². The first kappa shape index (κ1) is 16.7. The fraction of sp³-hybridized carbons (Fsp3) is 0.200. The lowest BCUT2D eigenvalue weighted by Gasteiger charge is -2.13. The van der Waals surface area contributed by atoms with Crippen LogP contribution in [0.1, 0.15) is 5.56 Å². The van der Waals surface area contributed by atoms with E-state index in [4.69, 9.17) is 9.29 Å². The molecule has 1 atom stereocenters.